The Balaban J connectivity index is 1.72. The quantitative estimate of drug-likeness (QED) is 0.628. The van der Waals surface area contributed by atoms with Crippen molar-refractivity contribution in [2.24, 2.45) is 0 Å². The molecular formula is C23H24N2O3S. The fourth-order valence-corrected chi connectivity index (χ4v) is 4.35. The van der Waals surface area contributed by atoms with Crippen LogP contribution in [0.4, 0.5) is 5.69 Å². The number of hydrogen-bond donors (Lipinski definition) is 1. The van der Waals surface area contributed by atoms with Crippen molar-refractivity contribution in [1.82, 2.24) is 4.31 Å². The Morgan fingerprint density at radius 3 is 2.10 bits per heavy atom. The number of amides is 1. The molecule has 3 rings (SSSR count). The molecule has 0 saturated carbocycles. The Hall–Kier alpha value is -2.96. The third kappa shape index (κ3) is 5.10. The van der Waals surface area contributed by atoms with E-state index in [-0.39, 0.29) is 17.3 Å². The standard InChI is InChI=1S/C23H24N2O3S/c1-3-25(29(27,28)22-15-9-18(2)10-16-22)17-19-11-13-20(14-12-19)23(26)24-21-7-5-4-6-8-21/h4-16H,3,17H2,1-2H3,(H,24,26). The summed E-state index contributed by atoms with van der Waals surface area (Å²) in [5.41, 5.74) is 3.07. The highest BCUT2D eigenvalue weighted by molar-refractivity contribution is 7.89. The minimum Gasteiger partial charge on any atom is -0.322 e. The van der Waals surface area contributed by atoms with Gasteiger partial charge >= 0.3 is 0 Å². The van der Waals surface area contributed by atoms with Crippen molar-refractivity contribution < 1.29 is 13.2 Å². The van der Waals surface area contributed by atoms with Gasteiger partial charge in [-0.05, 0) is 48.9 Å². The molecule has 0 atom stereocenters. The third-order valence-electron chi connectivity index (χ3n) is 4.62. The number of carbonyl (C=O) groups excluding carboxylic acids is 1. The van der Waals surface area contributed by atoms with Crippen LogP contribution in [0, 0.1) is 6.92 Å². The summed E-state index contributed by atoms with van der Waals surface area (Å²) in [5.74, 6) is -0.206. The lowest BCUT2D eigenvalue weighted by Gasteiger charge is -2.21. The number of carbonyl (C=O) groups is 1. The van der Waals surface area contributed by atoms with E-state index < -0.39 is 10.0 Å². The van der Waals surface area contributed by atoms with Crippen LogP contribution in [0.1, 0.15) is 28.4 Å². The highest BCUT2D eigenvalue weighted by Gasteiger charge is 2.23. The molecule has 3 aromatic rings. The lowest BCUT2D eigenvalue weighted by atomic mass is 10.1. The topological polar surface area (TPSA) is 66.5 Å². The van der Waals surface area contributed by atoms with Crippen molar-refractivity contribution in [2.45, 2.75) is 25.3 Å². The summed E-state index contributed by atoms with van der Waals surface area (Å²) in [6.07, 6.45) is 0. The Kier molecular flexibility index (Phi) is 6.46. The first-order valence-corrected chi connectivity index (χ1v) is 10.9. The molecule has 0 spiro atoms. The molecule has 6 heteroatoms. The minimum atomic E-state index is -3.58. The van der Waals surface area contributed by atoms with Crippen LogP contribution in [0.2, 0.25) is 0 Å². The molecule has 150 valence electrons. The Morgan fingerprint density at radius 1 is 0.897 bits per heavy atom. The maximum atomic E-state index is 12.9. The van der Waals surface area contributed by atoms with Crippen molar-refractivity contribution >= 4 is 21.6 Å². The van der Waals surface area contributed by atoms with E-state index in [1.54, 1.807) is 48.5 Å². The summed E-state index contributed by atoms with van der Waals surface area (Å²) in [4.78, 5) is 12.6. The second-order valence-corrected chi connectivity index (χ2v) is 8.70. The number of hydrogen-bond acceptors (Lipinski definition) is 3. The molecule has 0 aliphatic heterocycles. The van der Waals surface area contributed by atoms with Crippen LogP contribution in [0.3, 0.4) is 0 Å². The number of nitrogens with one attached hydrogen (secondary N) is 1. The van der Waals surface area contributed by atoms with Crippen molar-refractivity contribution in [3.63, 3.8) is 0 Å². The lowest BCUT2D eigenvalue weighted by molar-refractivity contribution is 0.102. The van der Waals surface area contributed by atoms with Gasteiger partial charge in [-0.15, -0.1) is 0 Å². The van der Waals surface area contributed by atoms with Crippen LogP contribution in [0.25, 0.3) is 0 Å². The second-order valence-electron chi connectivity index (χ2n) is 6.76. The highest BCUT2D eigenvalue weighted by atomic mass is 32.2. The monoisotopic (exact) mass is 408 g/mol. The van der Waals surface area contributed by atoms with Crippen molar-refractivity contribution in [3.8, 4) is 0 Å². The first-order valence-electron chi connectivity index (χ1n) is 9.42. The second kappa shape index (κ2) is 9.03. The average Bonchev–Trinajstić information content (AvgIpc) is 2.73. The predicted octanol–water partition coefficient (Wildman–Crippen LogP) is 4.46. The molecule has 5 nitrogen and oxygen atoms in total. The SMILES string of the molecule is CCN(Cc1ccc(C(=O)Nc2ccccc2)cc1)S(=O)(=O)c1ccc(C)cc1. The van der Waals surface area contributed by atoms with E-state index in [1.807, 2.05) is 44.2 Å². The minimum absolute atomic E-state index is 0.206. The van der Waals surface area contributed by atoms with Crippen molar-refractivity contribution in [2.75, 3.05) is 11.9 Å². The number of nitrogens with zero attached hydrogens (tertiary/aromatic N) is 1. The van der Waals surface area contributed by atoms with Crippen LogP contribution in [0.5, 0.6) is 0 Å². The largest absolute Gasteiger partial charge is 0.322 e. The average molecular weight is 409 g/mol. The van der Waals surface area contributed by atoms with Gasteiger partial charge in [-0.3, -0.25) is 4.79 Å². The zero-order chi connectivity index (χ0) is 20.9. The number of aryl methyl sites for hydroxylation is 1. The summed E-state index contributed by atoms with van der Waals surface area (Å²) in [6, 6.07) is 23.1. The van der Waals surface area contributed by atoms with Crippen LogP contribution in [-0.4, -0.2) is 25.2 Å². The van der Waals surface area contributed by atoms with E-state index in [0.29, 0.717) is 12.1 Å². The van der Waals surface area contributed by atoms with E-state index in [0.717, 1.165) is 16.8 Å². The van der Waals surface area contributed by atoms with Crippen molar-refractivity contribution in [3.05, 3.63) is 95.6 Å². The maximum Gasteiger partial charge on any atom is 0.255 e. The molecule has 0 saturated heterocycles. The summed E-state index contributed by atoms with van der Waals surface area (Å²) in [6.45, 7) is 4.33. The lowest BCUT2D eigenvalue weighted by Crippen LogP contribution is -2.30. The number of anilines is 1. The number of benzene rings is 3. The molecule has 0 radical (unpaired) electrons. The molecule has 0 bridgehead atoms. The molecular weight excluding hydrogens is 384 g/mol. The van der Waals surface area contributed by atoms with Gasteiger partial charge in [-0.2, -0.15) is 4.31 Å². The predicted molar refractivity (Wildman–Crippen MR) is 115 cm³/mol. The Labute approximate surface area is 172 Å². The van der Waals surface area contributed by atoms with E-state index in [4.69, 9.17) is 0 Å². The van der Waals surface area contributed by atoms with Crippen LogP contribution >= 0.6 is 0 Å². The zero-order valence-corrected chi connectivity index (χ0v) is 17.3. The summed E-state index contributed by atoms with van der Waals surface area (Å²) < 4.78 is 27.3. The van der Waals surface area contributed by atoms with Gasteiger partial charge in [0.2, 0.25) is 10.0 Å². The molecule has 0 aliphatic rings. The highest BCUT2D eigenvalue weighted by Crippen LogP contribution is 2.19. The molecule has 0 fully saturated rings. The van der Waals surface area contributed by atoms with Crippen LogP contribution in [-0.2, 0) is 16.6 Å². The third-order valence-corrected chi connectivity index (χ3v) is 6.55. The molecule has 0 aliphatic carbocycles. The van der Waals surface area contributed by atoms with Gasteiger partial charge in [-0.25, -0.2) is 8.42 Å². The van der Waals surface area contributed by atoms with Gasteiger partial charge in [0.05, 0.1) is 4.90 Å². The normalized spacial score (nSPS) is 11.4. The molecule has 29 heavy (non-hydrogen) atoms. The van der Waals surface area contributed by atoms with Gasteiger partial charge in [0, 0.05) is 24.3 Å². The van der Waals surface area contributed by atoms with Gasteiger partial charge in [-0.1, -0.05) is 55.0 Å². The van der Waals surface area contributed by atoms with E-state index in [1.165, 1.54) is 4.31 Å². The first kappa shape index (κ1) is 20.8. The Morgan fingerprint density at radius 2 is 1.52 bits per heavy atom. The molecule has 0 heterocycles. The zero-order valence-electron chi connectivity index (χ0n) is 16.5. The van der Waals surface area contributed by atoms with Crippen LogP contribution in [0.15, 0.2) is 83.8 Å². The summed E-state index contributed by atoms with van der Waals surface area (Å²) >= 11 is 0. The molecule has 1 amide bonds. The number of para-hydroxylation sites is 1. The first-order chi connectivity index (χ1) is 13.9. The van der Waals surface area contributed by atoms with E-state index in [9.17, 15) is 13.2 Å². The molecule has 0 aromatic heterocycles. The van der Waals surface area contributed by atoms with E-state index >= 15 is 0 Å². The Bertz CT molecular complexity index is 1060. The smallest absolute Gasteiger partial charge is 0.255 e. The fourth-order valence-electron chi connectivity index (χ4n) is 2.92. The number of rotatable bonds is 7. The van der Waals surface area contributed by atoms with Gasteiger partial charge in [0.15, 0.2) is 0 Å². The molecule has 1 N–H and O–H groups in total. The fraction of sp³-hybridized carbons (Fsp3) is 0.174. The maximum absolute atomic E-state index is 12.9. The summed E-state index contributed by atoms with van der Waals surface area (Å²) in [5, 5.41) is 2.83. The van der Waals surface area contributed by atoms with E-state index in [2.05, 4.69) is 5.32 Å². The summed E-state index contributed by atoms with van der Waals surface area (Å²) in [7, 11) is -3.58. The van der Waals surface area contributed by atoms with Gasteiger partial charge in [0.25, 0.3) is 5.91 Å². The van der Waals surface area contributed by atoms with Gasteiger partial charge < -0.3 is 5.32 Å². The van der Waals surface area contributed by atoms with Crippen molar-refractivity contribution in [1.29, 1.82) is 0 Å². The number of sulfonamides is 1. The van der Waals surface area contributed by atoms with Crippen LogP contribution < -0.4 is 5.32 Å². The van der Waals surface area contributed by atoms with Gasteiger partial charge in [0.1, 0.15) is 0 Å². The molecule has 3 aromatic carbocycles. The molecule has 0 unspecified atom stereocenters.